The van der Waals surface area contributed by atoms with Crippen molar-refractivity contribution in [1.82, 2.24) is 9.13 Å². The summed E-state index contributed by atoms with van der Waals surface area (Å²) in [6.45, 7) is 10.9. The lowest BCUT2D eigenvalue weighted by molar-refractivity contribution is -0.383. The number of aldehydes is 2. The maximum Gasteiger partial charge on any atom is 0.419 e. The Balaban J connectivity index is 0.000000208. The number of nitro benzene ring substituents is 2. The maximum atomic E-state index is 12.9. The SMILES string of the molecule is CC(C)(C)OC(=O)n1c(-c2ccccc2)cc2cc(C=O)cc([N+](=O)[O-])c21.CC(C)(C)c1c(-c2ccccc2)n(C(=O)O)c2c([N+](=O)[O-])cc(C=O)cc12. The van der Waals surface area contributed by atoms with Gasteiger partial charge in [-0.15, -0.1) is 0 Å². The number of fused-ring (bicyclic) bond motifs is 2. The number of benzene rings is 4. The number of rotatable bonds is 6. The summed E-state index contributed by atoms with van der Waals surface area (Å²) < 4.78 is 7.63. The van der Waals surface area contributed by atoms with Crippen molar-refractivity contribution in [1.29, 1.82) is 0 Å². The molecule has 0 bridgehead atoms. The quantitative estimate of drug-likeness (QED) is 0.0978. The van der Waals surface area contributed by atoms with Crippen LogP contribution in [0.3, 0.4) is 0 Å². The first-order chi connectivity index (χ1) is 25.4. The standard InChI is InChI=1S/2C20H18N2O5/c1-20(2,3)27-19(24)21-16(14-7-5-4-6-8-14)11-15-9-13(12-23)10-17(18(15)21)22(25)26;1-20(2,3)16-14-9-12(11-23)10-15(22(26)27)18(14)21(19(24)25)17(16)13-7-5-4-6-8-13/h4-12H,1-3H3;4-11H,1-3H3,(H,24,25). The average molecular weight is 733 g/mol. The van der Waals surface area contributed by atoms with Gasteiger partial charge in [0.05, 0.1) is 21.2 Å². The maximum absolute atomic E-state index is 12.9. The van der Waals surface area contributed by atoms with Crippen molar-refractivity contribution in [2.24, 2.45) is 0 Å². The van der Waals surface area contributed by atoms with Gasteiger partial charge >= 0.3 is 12.2 Å². The van der Waals surface area contributed by atoms with Crippen molar-refractivity contribution in [2.45, 2.75) is 52.6 Å². The molecule has 0 amide bonds. The molecule has 0 saturated heterocycles. The lowest BCUT2D eigenvalue weighted by Gasteiger charge is -2.21. The van der Waals surface area contributed by atoms with Crippen molar-refractivity contribution < 1.29 is 38.9 Å². The van der Waals surface area contributed by atoms with E-state index >= 15 is 0 Å². The molecule has 0 aliphatic carbocycles. The van der Waals surface area contributed by atoms with Crippen LogP contribution in [0.4, 0.5) is 21.0 Å². The van der Waals surface area contributed by atoms with E-state index in [0.717, 1.165) is 16.7 Å². The number of non-ortho nitro benzene ring substituents is 2. The fraction of sp³-hybridized carbons (Fsp3) is 0.200. The lowest BCUT2D eigenvalue weighted by Crippen LogP contribution is -2.27. The summed E-state index contributed by atoms with van der Waals surface area (Å²) in [6.07, 6.45) is -0.979. The number of nitro groups is 2. The van der Waals surface area contributed by atoms with Gasteiger partial charge in [0.1, 0.15) is 29.2 Å². The molecular formula is C40H36N4O10. The summed E-state index contributed by atoms with van der Waals surface area (Å²) in [5.74, 6) is 0. The molecule has 0 spiro atoms. The third-order valence-corrected chi connectivity index (χ3v) is 8.26. The predicted octanol–water partition coefficient (Wildman–Crippen LogP) is 9.66. The second-order valence-electron chi connectivity index (χ2n) is 14.3. The molecule has 14 nitrogen and oxygen atoms in total. The van der Waals surface area contributed by atoms with Crippen LogP contribution in [0.15, 0.2) is 91.0 Å². The summed E-state index contributed by atoms with van der Waals surface area (Å²) in [7, 11) is 0. The second-order valence-corrected chi connectivity index (χ2v) is 14.3. The van der Waals surface area contributed by atoms with Gasteiger partial charge in [-0.3, -0.25) is 29.8 Å². The minimum absolute atomic E-state index is 0.0260. The number of nitrogens with zero attached hydrogens (tertiary/aromatic N) is 4. The third-order valence-electron chi connectivity index (χ3n) is 8.26. The molecule has 0 radical (unpaired) electrons. The fourth-order valence-electron chi connectivity index (χ4n) is 6.32. The molecule has 6 rings (SSSR count). The highest BCUT2D eigenvalue weighted by Crippen LogP contribution is 2.44. The Labute approximate surface area is 308 Å². The van der Waals surface area contributed by atoms with E-state index in [0.29, 0.717) is 51.4 Å². The average Bonchev–Trinajstić information content (AvgIpc) is 3.68. The Bertz CT molecular complexity index is 2470. The lowest BCUT2D eigenvalue weighted by atomic mass is 9.83. The van der Waals surface area contributed by atoms with Crippen LogP contribution >= 0.6 is 0 Å². The topological polar surface area (TPSA) is 194 Å². The Hall–Kier alpha value is -6.96. The first-order valence-electron chi connectivity index (χ1n) is 16.6. The van der Waals surface area contributed by atoms with Crippen LogP contribution in [-0.2, 0) is 10.2 Å². The van der Waals surface area contributed by atoms with Crippen LogP contribution < -0.4 is 0 Å². The predicted molar refractivity (Wildman–Crippen MR) is 203 cm³/mol. The molecular weight excluding hydrogens is 696 g/mol. The molecule has 0 aliphatic rings. The molecule has 54 heavy (non-hydrogen) atoms. The van der Waals surface area contributed by atoms with E-state index in [1.807, 2.05) is 26.8 Å². The number of hydrogen-bond acceptors (Lipinski definition) is 9. The van der Waals surface area contributed by atoms with E-state index in [9.17, 15) is 44.5 Å². The van der Waals surface area contributed by atoms with Crippen molar-refractivity contribution >= 4 is 57.9 Å². The summed E-state index contributed by atoms with van der Waals surface area (Å²) in [6, 6.07) is 24.8. The van der Waals surface area contributed by atoms with Crippen LogP contribution in [0, 0.1) is 20.2 Å². The molecule has 0 aliphatic heterocycles. The Morgan fingerprint density at radius 1 is 0.704 bits per heavy atom. The number of ether oxygens (including phenoxy) is 1. The zero-order valence-electron chi connectivity index (χ0n) is 30.2. The first-order valence-corrected chi connectivity index (χ1v) is 16.6. The van der Waals surface area contributed by atoms with Crippen molar-refractivity contribution in [3.8, 4) is 22.5 Å². The molecule has 276 valence electrons. The van der Waals surface area contributed by atoms with E-state index in [4.69, 9.17) is 4.74 Å². The summed E-state index contributed by atoms with van der Waals surface area (Å²) in [5.41, 5.74) is 1.09. The van der Waals surface area contributed by atoms with E-state index in [1.54, 1.807) is 81.4 Å². The Morgan fingerprint density at radius 3 is 1.67 bits per heavy atom. The molecule has 1 N–H and O–H groups in total. The van der Waals surface area contributed by atoms with E-state index in [2.05, 4.69) is 0 Å². The highest BCUT2D eigenvalue weighted by atomic mass is 16.6. The number of carbonyl (C=O) groups excluding carboxylic acids is 3. The van der Waals surface area contributed by atoms with Crippen LogP contribution in [0.25, 0.3) is 44.3 Å². The molecule has 0 saturated carbocycles. The first kappa shape index (κ1) is 38.3. The fourth-order valence-corrected chi connectivity index (χ4v) is 6.32. The molecule has 0 atom stereocenters. The van der Waals surface area contributed by atoms with Gasteiger partial charge in [-0.1, -0.05) is 81.4 Å². The molecule has 14 heteroatoms. The third kappa shape index (κ3) is 7.48. The number of carbonyl (C=O) groups is 4. The normalized spacial score (nSPS) is 11.4. The van der Waals surface area contributed by atoms with E-state index in [1.165, 1.54) is 16.7 Å². The minimum atomic E-state index is -1.32. The molecule has 0 unspecified atom stereocenters. The van der Waals surface area contributed by atoms with Crippen LogP contribution in [0.2, 0.25) is 0 Å². The van der Waals surface area contributed by atoms with Gasteiger partial charge in [-0.2, -0.15) is 0 Å². The molecule has 2 aromatic heterocycles. The second kappa shape index (κ2) is 14.6. The van der Waals surface area contributed by atoms with E-state index < -0.39 is 38.7 Å². The molecule has 0 fully saturated rings. The number of aromatic nitrogens is 2. The zero-order chi connectivity index (χ0) is 39.7. The molecule has 4 aromatic carbocycles. The highest BCUT2D eigenvalue weighted by molar-refractivity contribution is 6.06. The van der Waals surface area contributed by atoms with Gasteiger partial charge in [-0.05, 0) is 61.1 Å². The van der Waals surface area contributed by atoms with Gasteiger partial charge in [0.15, 0.2) is 0 Å². The highest BCUT2D eigenvalue weighted by Gasteiger charge is 2.34. The summed E-state index contributed by atoms with van der Waals surface area (Å²) >= 11 is 0. The summed E-state index contributed by atoms with van der Waals surface area (Å²) in [5, 5.41) is 34.0. The van der Waals surface area contributed by atoms with E-state index in [-0.39, 0.29) is 27.8 Å². The largest absolute Gasteiger partial charge is 0.464 e. The Kier molecular flexibility index (Phi) is 10.3. The van der Waals surface area contributed by atoms with Crippen molar-refractivity contribution in [3.05, 3.63) is 128 Å². The van der Waals surface area contributed by atoms with Crippen molar-refractivity contribution in [2.75, 3.05) is 0 Å². The zero-order valence-corrected chi connectivity index (χ0v) is 30.2. The van der Waals surface area contributed by atoms with Gasteiger partial charge in [0.25, 0.3) is 11.4 Å². The van der Waals surface area contributed by atoms with Gasteiger partial charge in [-0.25, -0.2) is 18.7 Å². The smallest absolute Gasteiger partial charge is 0.419 e. The Morgan fingerprint density at radius 2 is 1.20 bits per heavy atom. The number of carboxylic acid groups (broad SMARTS) is 1. The van der Waals surface area contributed by atoms with Crippen LogP contribution in [0.5, 0.6) is 0 Å². The molecule has 2 heterocycles. The van der Waals surface area contributed by atoms with Gasteiger partial charge in [0, 0.05) is 34.0 Å². The van der Waals surface area contributed by atoms with Crippen molar-refractivity contribution in [3.63, 3.8) is 0 Å². The van der Waals surface area contributed by atoms with Crippen LogP contribution in [0.1, 0.15) is 67.8 Å². The number of hydrogen-bond donors (Lipinski definition) is 1. The molecule has 6 aromatic rings. The summed E-state index contributed by atoms with van der Waals surface area (Å²) in [4.78, 5) is 69.6. The van der Waals surface area contributed by atoms with Gasteiger partial charge < -0.3 is 9.84 Å². The minimum Gasteiger partial charge on any atom is -0.464 e. The van der Waals surface area contributed by atoms with Crippen LogP contribution in [-0.4, -0.2) is 54.4 Å². The monoisotopic (exact) mass is 732 g/mol. The van der Waals surface area contributed by atoms with Gasteiger partial charge in [0.2, 0.25) is 0 Å².